The predicted molar refractivity (Wildman–Crippen MR) is 69.0 cm³/mol. The van der Waals surface area contributed by atoms with Crippen LogP contribution in [0.3, 0.4) is 0 Å². The molecule has 0 saturated carbocycles. The van der Waals surface area contributed by atoms with Gasteiger partial charge in [-0.3, -0.25) is 0 Å². The van der Waals surface area contributed by atoms with E-state index in [-0.39, 0.29) is 0 Å². The van der Waals surface area contributed by atoms with Crippen molar-refractivity contribution >= 4 is 0 Å². The smallest absolute Gasteiger partial charge is 0.119 e. The fourth-order valence-electron chi connectivity index (χ4n) is 1.67. The highest BCUT2D eigenvalue weighted by Crippen LogP contribution is 2.18. The van der Waals surface area contributed by atoms with Gasteiger partial charge < -0.3 is 10.1 Å². The van der Waals surface area contributed by atoms with Crippen molar-refractivity contribution in [2.75, 3.05) is 13.2 Å². The molecule has 16 heavy (non-hydrogen) atoms. The Labute approximate surface area is 99.0 Å². The average molecular weight is 221 g/mol. The molecule has 0 heterocycles. The van der Waals surface area contributed by atoms with Crippen molar-refractivity contribution in [2.24, 2.45) is 0 Å². The summed E-state index contributed by atoms with van der Waals surface area (Å²) < 4.78 is 5.64. The molecule has 1 rings (SSSR count). The number of hydrogen-bond donors (Lipinski definition) is 1. The van der Waals surface area contributed by atoms with Crippen LogP contribution in [0.25, 0.3) is 0 Å². The lowest BCUT2D eigenvalue weighted by Gasteiger charge is -2.11. The predicted octanol–water partition coefficient (Wildman–Crippen LogP) is 3.15. The van der Waals surface area contributed by atoms with Crippen molar-refractivity contribution in [2.45, 2.75) is 40.2 Å². The molecule has 1 N–H and O–H groups in total. The van der Waals surface area contributed by atoms with E-state index >= 15 is 0 Å². The van der Waals surface area contributed by atoms with Crippen molar-refractivity contribution in [3.05, 3.63) is 29.3 Å². The SMILES string of the molecule is CCCOc1ccc(CNCC)c(CC)c1. The van der Waals surface area contributed by atoms with Gasteiger partial charge in [0, 0.05) is 6.54 Å². The highest BCUT2D eigenvalue weighted by Gasteiger charge is 2.02. The molecule has 1 aromatic rings. The monoisotopic (exact) mass is 221 g/mol. The zero-order valence-corrected chi connectivity index (χ0v) is 10.7. The molecule has 0 aromatic heterocycles. The lowest BCUT2D eigenvalue weighted by atomic mass is 10.0. The Morgan fingerprint density at radius 2 is 1.94 bits per heavy atom. The van der Waals surface area contributed by atoms with E-state index < -0.39 is 0 Å². The number of ether oxygens (including phenoxy) is 1. The van der Waals surface area contributed by atoms with Gasteiger partial charge in [-0.05, 0) is 42.6 Å². The number of hydrogen-bond acceptors (Lipinski definition) is 2. The van der Waals surface area contributed by atoms with Crippen LogP contribution in [0.1, 0.15) is 38.3 Å². The minimum absolute atomic E-state index is 0.801. The molecule has 0 radical (unpaired) electrons. The molecular weight excluding hydrogens is 198 g/mol. The minimum Gasteiger partial charge on any atom is -0.494 e. The molecule has 0 fully saturated rings. The summed E-state index contributed by atoms with van der Waals surface area (Å²) in [4.78, 5) is 0. The molecule has 0 amide bonds. The van der Waals surface area contributed by atoms with E-state index in [9.17, 15) is 0 Å². The Kier molecular flexibility index (Phi) is 5.94. The maximum Gasteiger partial charge on any atom is 0.119 e. The van der Waals surface area contributed by atoms with Gasteiger partial charge in [-0.25, -0.2) is 0 Å². The maximum atomic E-state index is 5.64. The Hall–Kier alpha value is -1.02. The molecular formula is C14H23NO. The molecule has 90 valence electrons. The highest BCUT2D eigenvalue weighted by molar-refractivity contribution is 5.35. The third-order valence-electron chi connectivity index (χ3n) is 2.60. The first-order chi connectivity index (χ1) is 7.81. The number of benzene rings is 1. The van der Waals surface area contributed by atoms with Crippen molar-refractivity contribution in [1.29, 1.82) is 0 Å². The lowest BCUT2D eigenvalue weighted by Crippen LogP contribution is -2.13. The van der Waals surface area contributed by atoms with Crippen LogP contribution < -0.4 is 10.1 Å². The zero-order valence-electron chi connectivity index (χ0n) is 10.7. The minimum atomic E-state index is 0.801. The van der Waals surface area contributed by atoms with E-state index in [1.165, 1.54) is 11.1 Å². The number of rotatable bonds is 7. The van der Waals surface area contributed by atoms with Crippen LogP contribution in [0.4, 0.5) is 0 Å². The molecule has 0 aliphatic heterocycles. The summed E-state index contributed by atoms with van der Waals surface area (Å²) in [6, 6.07) is 6.41. The topological polar surface area (TPSA) is 21.3 Å². The first-order valence-electron chi connectivity index (χ1n) is 6.27. The van der Waals surface area contributed by atoms with Crippen LogP contribution in [0.5, 0.6) is 5.75 Å². The van der Waals surface area contributed by atoms with Gasteiger partial charge in [0.2, 0.25) is 0 Å². The first kappa shape index (κ1) is 13.0. The van der Waals surface area contributed by atoms with E-state index in [1.54, 1.807) is 0 Å². The van der Waals surface area contributed by atoms with Gasteiger partial charge in [0.05, 0.1) is 6.61 Å². The molecule has 0 bridgehead atoms. The quantitative estimate of drug-likeness (QED) is 0.763. The van der Waals surface area contributed by atoms with Crippen LogP contribution >= 0.6 is 0 Å². The van der Waals surface area contributed by atoms with E-state index in [0.717, 1.165) is 38.3 Å². The van der Waals surface area contributed by atoms with Crippen LogP contribution in [0.15, 0.2) is 18.2 Å². The molecule has 1 aromatic carbocycles. The lowest BCUT2D eigenvalue weighted by molar-refractivity contribution is 0.317. The average Bonchev–Trinajstić information content (AvgIpc) is 2.34. The maximum absolute atomic E-state index is 5.64. The fraction of sp³-hybridized carbons (Fsp3) is 0.571. The van der Waals surface area contributed by atoms with Gasteiger partial charge in [0.15, 0.2) is 0 Å². The fourth-order valence-corrected chi connectivity index (χ4v) is 1.67. The van der Waals surface area contributed by atoms with Gasteiger partial charge in [-0.2, -0.15) is 0 Å². The second-order valence-electron chi connectivity index (χ2n) is 3.91. The number of aryl methyl sites for hydroxylation is 1. The van der Waals surface area contributed by atoms with Crippen molar-refractivity contribution in [3.63, 3.8) is 0 Å². The molecule has 0 saturated heterocycles. The molecule has 0 spiro atoms. The Bertz CT molecular complexity index is 310. The summed E-state index contributed by atoms with van der Waals surface area (Å²) in [5, 5.41) is 3.36. The Morgan fingerprint density at radius 3 is 2.56 bits per heavy atom. The molecule has 0 aliphatic rings. The normalized spacial score (nSPS) is 10.4. The molecule has 2 heteroatoms. The van der Waals surface area contributed by atoms with Crippen LogP contribution in [0, 0.1) is 0 Å². The van der Waals surface area contributed by atoms with E-state index in [4.69, 9.17) is 4.74 Å². The van der Waals surface area contributed by atoms with E-state index in [2.05, 4.69) is 44.3 Å². The Morgan fingerprint density at radius 1 is 1.12 bits per heavy atom. The van der Waals surface area contributed by atoms with Crippen LogP contribution in [0.2, 0.25) is 0 Å². The van der Waals surface area contributed by atoms with Gasteiger partial charge in [0.1, 0.15) is 5.75 Å². The molecule has 0 atom stereocenters. The third kappa shape index (κ3) is 3.86. The van der Waals surface area contributed by atoms with Crippen LogP contribution in [-0.4, -0.2) is 13.2 Å². The summed E-state index contributed by atoms with van der Waals surface area (Å²) >= 11 is 0. The second-order valence-corrected chi connectivity index (χ2v) is 3.91. The van der Waals surface area contributed by atoms with E-state index in [1.807, 2.05) is 0 Å². The molecule has 2 nitrogen and oxygen atoms in total. The van der Waals surface area contributed by atoms with Gasteiger partial charge in [-0.15, -0.1) is 0 Å². The standard InChI is InChI=1S/C14H23NO/c1-4-9-16-14-8-7-13(11-15-6-3)12(5-2)10-14/h7-8,10,15H,4-6,9,11H2,1-3H3. The molecule has 0 unspecified atom stereocenters. The van der Waals surface area contributed by atoms with Crippen molar-refractivity contribution in [3.8, 4) is 5.75 Å². The molecule has 0 aliphatic carbocycles. The first-order valence-corrected chi connectivity index (χ1v) is 6.27. The van der Waals surface area contributed by atoms with Crippen molar-refractivity contribution in [1.82, 2.24) is 5.32 Å². The summed E-state index contributed by atoms with van der Waals surface area (Å²) in [6.45, 7) is 9.21. The summed E-state index contributed by atoms with van der Waals surface area (Å²) in [5.74, 6) is 0.999. The van der Waals surface area contributed by atoms with Gasteiger partial charge in [-0.1, -0.05) is 26.8 Å². The zero-order chi connectivity index (χ0) is 11.8. The van der Waals surface area contributed by atoms with E-state index in [0.29, 0.717) is 0 Å². The summed E-state index contributed by atoms with van der Waals surface area (Å²) in [7, 11) is 0. The van der Waals surface area contributed by atoms with Gasteiger partial charge in [0.25, 0.3) is 0 Å². The summed E-state index contributed by atoms with van der Waals surface area (Å²) in [6.07, 6.45) is 2.12. The van der Waals surface area contributed by atoms with Crippen molar-refractivity contribution < 1.29 is 4.74 Å². The largest absolute Gasteiger partial charge is 0.494 e. The van der Waals surface area contributed by atoms with Crippen LogP contribution in [-0.2, 0) is 13.0 Å². The third-order valence-corrected chi connectivity index (χ3v) is 2.60. The second kappa shape index (κ2) is 7.29. The highest BCUT2D eigenvalue weighted by atomic mass is 16.5. The number of nitrogens with one attached hydrogen (secondary N) is 1. The summed E-state index contributed by atoms with van der Waals surface area (Å²) in [5.41, 5.74) is 2.77. The van der Waals surface area contributed by atoms with Gasteiger partial charge >= 0.3 is 0 Å². The Balaban J connectivity index is 2.71.